The molecule has 4 unspecified atom stereocenters. The molecule has 0 spiro atoms. The molecule has 2 fully saturated rings. The van der Waals surface area contributed by atoms with Crippen molar-refractivity contribution in [1.29, 1.82) is 0 Å². The van der Waals surface area contributed by atoms with Crippen LogP contribution in [0.3, 0.4) is 0 Å². The second kappa shape index (κ2) is 10.5. The molecule has 34 heavy (non-hydrogen) atoms. The lowest BCUT2D eigenvalue weighted by Crippen LogP contribution is -2.27. The molecule has 2 bridgehead atoms. The average molecular weight is 497 g/mol. The van der Waals surface area contributed by atoms with Crippen LogP contribution in [0.2, 0.25) is 0 Å². The number of fused-ring (bicyclic) bond motifs is 2. The highest BCUT2D eigenvalue weighted by Crippen LogP contribution is 2.53. The third kappa shape index (κ3) is 5.03. The summed E-state index contributed by atoms with van der Waals surface area (Å²) in [6, 6.07) is 12.5. The molecule has 2 aromatic heterocycles. The minimum absolute atomic E-state index is 0.0262. The van der Waals surface area contributed by atoms with Crippen LogP contribution in [0.15, 0.2) is 46.9 Å². The Kier molecular flexibility index (Phi) is 7.25. The Morgan fingerprint density at radius 1 is 1.24 bits per heavy atom. The normalized spacial score (nSPS) is 22.1. The van der Waals surface area contributed by atoms with E-state index in [1.165, 1.54) is 43.0 Å². The number of thioether (sulfide) groups is 1. The van der Waals surface area contributed by atoms with Crippen LogP contribution >= 0.6 is 23.1 Å². The van der Waals surface area contributed by atoms with Gasteiger partial charge in [-0.2, -0.15) is 0 Å². The highest BCUT2D eigenvalue weighted by atomic mass is 32.2. The van der Waals surface area contributed by atoms with E-state index in [2.05, 4.69) is 44.5 Å². The summed E-state index contributed by atoms with van der Waals surface area (Å²) >= 11 is 3.19. The van der Waals surface area contributed by atoms with E-state index in [0.717, 1.165) is 39.9 Å². The van der Waals surface area contributed by atoms with E-state index in [4.69, 9.17) is 4.74 Å². The Morgan fingerprint density at radius 2 is 2.09 bits per heavy atom. The molecule has 1 N–H and O–H groups in total. The maximum atomic E-state index is 12.6. The predicted octanol–water partition coefficient (Wildman–Crippen LogP) is 5.46. The molecule has 0 saturated heterocycles. The van der Waals surface area contributed by atoms with Gasteiger partial charge in [-0.1, -0.05) is 36.4 Å². The number of ether oxygens (including phenoxy) is 1. The zero-order chi connectivity index (χ0) is 23.5. The summed E-state index contributed by atoms with van der Waals surface area (Å²) in [4.78, 5) is 13.7. The fraction of sp³-hybridized carbons (Fsp3) is 0.500. The van der Waals surface area contributed by atoms with Gasteiger partial charge < -0.3 is 10.1 Å². The van der Waals surface area contributed by atoms with E-state index < -0.39 is 0 Å². The van der Waals surface area contributed by atoms with Gasteiger partial charge in [0.15, 0.2) is 11.0 Å². The van der Waals surface area contributed by atoms with Crippen molar-refractivity contribution in [2.75, 3.05) is 19.4 Å². The van der Waals surface area contributed by atoms with Crippen molar-refractivity contribution < 1.29 is 9.53 Å². The second-order valence-corrected chi connectivity index (χ2v) is 11.4. The summed E-state index contributed by atoms with van der Waals surface area (Å²) < 4.78 is 7.51. The quantitative estimate of drug-likeness (QED) is 0.377. The molecule has 180 valence electrons. The van der Waals surface area contributed by atoms with Gasteiger partial charge in [0.05, 0.1) is 17.7 Å². The number of carbonyl (C=O) groups is 1. The van der Waals surface area contributed by atoms with E-state index in [-0.39, 0.29) is 5.91 Å². The Labute approximate surface area is 209 Å². The number of aromatic nitrogens is 3. The summed E-state index contributed by atoms with van der Waals surface area (Å²) in [7, 11) is 1.66. The highest BCUT2D eigenvalue weighted by Gasteiger charge is 2.43. The third-order valence-electron chi connectivity index (χ3n) is 7.45. The number of hydrogen-bond acceptors (Lipinski definition) is 6. The molecule has 2 aliphatic rings. The molecule has 3 aromatic rings. The Bertz CT molecular complexity index is 1100. The van der Waals surface area contributed by atoms with Gasteiger partial charge >= 0.3 is 0 Å². The van der Waals surface area contributed by atoms with Crippen LogP contribution in [0, 0.1) is 17.8 Å². The second-order valence-electron chi connectivity index (χ2n) is 9.47. The Balaban J connectivity index is 1.22. The van der Waals surface area contributed by atoms with Gasteiger partial charge in [0.2, 0.25) is 5.91 Å². The fourth-order valence-electron chi connectivity index (χ4n) is 5.71. The van der Waals surface area contributed by atoms with Crippen LogP contribution in [-0.4, -0.2) is 40.1 Å². The summed E-state index contributed by atoms with van der Waals surface area (Å²) in [6.07, 6.45) is 6.23. The smallest absolute Gasteiger partial charge is 0.230 e. The van der Waals surface area contributed by atoms with Crippen molar-refractivity contribution in [2.45, 2.75) is 50.2 Å². The fourth-order valence-corrected chi connectivity index (χ4v) is 7.27. The number of rotatable bonds is 10. The van der Waals surface area contributed by atoms with E-state index in [9.17, 15) is 4.79 Å². The molecule has 1 aromatic carbocycles. The number of thiophene rings is 1. The lowest BCUT2D eigenvalue weighted by atomic mass is 9.84. The number of benzene rings is 1. The topological polar surface area (TPSA) is 69.0 Å². The lowest BCUT2D eigenvalue weighted by molar-refractivity contribution is -0.118. The number of hydrogen-bond donors (Lipinski definition) is 1. The van der Waals surface area contributed by atoms with E-state index in [1.54, 1.807) is 18.4 Å². The molecule has 0 radical (unpaired) electrons. The van der Waals surface area contributed by atoms with Gasteiger partial charge in [-0.05, 0) is 79.5 Å². The molecule has 5 rings (SSSR count). The number of nitrogens with one attached hydrogen (secondary N) is 1. The lowest BCUT2D eigenvalue weighted by Gasteiger charge is -2.30. The Morgan fingerprint density at radius 3 is 2.76 bits per heavy atom. The maximum Gasteiger partial charge on any atom is 0.230 e. The molecule has 8 heteroatoms. The first-order valence-corrected chi connectivity index (χ1v) is 14.0. The predicted molar refractivity (Wildman–Crippen MR) is 137 cm³/mol. The van der Waals surface area contributed by atoms with Crippen LogP contribution in [-0.2, 0) is 11.2 Å². The first-order chi connectivity index (χ1) is 16.6. The summed E-state index contributed by atoms with van der Waals surface area (Å²) in [5.41, 5.74) is 1.17. The van der Waals surface area contributed by atoms with E-state index in [0.29, 0.717) is 24.3 Å². The summed E-state index contributed by atoms with van der Waals surface area (Å²) in [6.45, 7) is 2.94. The first-order valence-electron chi connectivity index (χ1n) is 12.1. The Hall–Kier alpha value is -2.32. The zero-order valence-corrected chi connectivity index (χ0v) is 21.4. The first kappa shape index (κ1) is 23.4. The van der Waals surface area contributed by atoms with Gasteiger partial charge in [0, 0.05) is 12.6 Å². The summed E-state index contributed by atoms with van der Waals surface area (Å²) in [5, 5.41) is 15.1. The van der Waals surface area contributed by atoms with Crippen molar-refractivity contribution in [2.24, 2.45) is 17.8 Å². The highest BCUT2D eigenvalue weighted by molar-refractivity contribution is 7.99. The molecular weight excluding hydrogens is 464 g/mol. The number of carbonyl (C=O) groups excluding carboxylic acids is 1. The number of amides is 1. The van der Waals surface area contributed by atoms with Crippen molar-refractivity contribution in [3.8, 4) is 16.5 Å². The van der Waals surface area contributed by atoms with Crippen molar-refractivity contribution in [3.63, 3.8) is 0 Å². The van der Waals surface area contributed by atoms with Crippen LogP contribution in [0.25, 0.3) is 10.7 Å². The monoisotopic (exact) mass is 496 g/mol. The summed E-state index contributed by atoms with van der Waals surface area (Å²) in [5.74, 6) is 4.53. The standard InChI is InChI=1S/C26H32N4O2S2/c1-17(22-15-19-5-8-20(22)14-19)30-25(23-4-3-13-33-23)28-29-26(30)34-16-24(31)27-12-11-18-6-9-21(32-2)10-7-18/h3-4,6-7,9-10,13,17,19-20,22H,5,8,11-12,14-16H2,1-2H3,(H,27,31). The molecule has 2 aliphatic carbocycles. The average Bonchev–Trinajstić information content (AvgIpc) is 3.66. The van der Waals surface area contributed by atoms with E-state index >= 15 is 0 Å². The van der Waals surface area contributed by atoms with Crippen molar-refractivity contribution in [3.05, 3.63) is 47.3 Å². The molecule has 6 nitrogen and oxygen atoms in total. The SMILES string of the molecule is COc1ccc(CCNC(=O)CSc2nnc(-c3cccs3)n2C(C)C2CC3CCC2C3)cc1. The minimum atomic E-state index is 0.0262. The number of nitrogens with zero attached hydrogens (tertiary/aromatic N) is 3. The largest absolute Gasteiger partial charge is 0.497 e. The van der Waals surface area contributed by atoms with Gasteiger partial charge in [0.1, 0.15) is 5.75 Å². The van der Waals surface area contributed by atoms with Gasteiger partial charge in [-0.3, -0.25) is 9.36 Å². The van der Waals surface area contributed by atoms with Crippen LogP contribution in [0.1, 0.15) is 44.2 Å². The van der Waals surface area contributed by atoms with Gasteiger partial charge in [0.25, 0.3) is 0 Å². The molecule has 4 atom stereocenters. The maximum absolute atomic E-state index is 12.6. The van der Waals surface area contributed by atoms with Crippen molar-refractivity contribution in [1.82, 2.24) is 20.1 Å². The number of methoxy groups -OCH3 is 1. The molecular formula is C26H32N4O2S2. The zero-order valence-electron chi connectivity index (χ0n) is 19.8. The molecule has 0 aliphatic heterocycles. The van der Waals surface area contributed by atoms with Crippen LogP contribution < -0.4 is 10.1 Å². The van der Waals surface area contributed by atoms with Crippen molar-refractivity contribution >= 4 is 29.0 Å². The van der Waals surface area contributed by atoms with E-state index in [1.807, 2.05) is 24.3 Å². The molecule has 2 heterocycles. The minimum Gasteiger partial charge on any atom is -0.497 e. The molecule has 1 amide bonds. The van der Waals surface area contributed by atoms with Crippen LogP contribution in [0.4, 0.5) is 0 Å². The van der Waals surface area contributed by atoms with Gasteiger partial charge in [-0.15, -0.1) is 21.5 Å². The van der Waals surface area contributed by atoms with Gasteiger partial charge in [-0.25, -0.2) is 0 Å². The molecule has 2 saturated carbocycles. The van der Waals surface area contributed by atoms with Crippen LogP contribution in [0.5, 0.6) is 5.75 Å². The third-order valence-corrected chi connectivity index (χ3v) is 9.26.